The highest BCUT2D eigenvalue weighted by Crippen LogP contribution is 2.30. The Morgan fingerprint density at radius 2 is 2.00 bits per heavy atom. The molecule has 6 heteroatoms. The number of rotatable bonds is 5. The van der Waals surface area contributed by atoms with Gasteiger partial charge in [-0.3, -0.25) is 4.57 Å². The molecule has 0 saturated carbocycles. The van der Waals surface area contributed by atoms with Gasteiger partial charge in [-0.1, -0.05) is 36.4 Å². The molecule has 0 saturated heterocycles. The molecule has 3 heterocycles. The summed E-state index contributed by atoms with van der Waals surface area (Å²) in [7, 11) is 0. The Morgan fingerprint density at radius 1 is 1.08 bits per heavy atom. The molecule has 0 aliphatic heterocycles. The van der Waals surface area contributed by atoms with Crippen LogP contribution in [0.4, 0.5) is 5.82 Å². The van der Waals surface area contributed by atoms with Gasteiger partial charge >= 0.3 is 0 Å². The average molecular weight is 333 g/mol. The number of imidazole rings is 1. The standard InChI is InChI=1S/C18H15N5S/c1-2-5-14(6-3-1)11-20-17-15(16-7-4-10-24-16)12-21-18(22-17)23-9-8-19-13-23/h1-10,12-13H,11H2,(H,20,21,22). The minimum atomic E-state index is 0.600. The van der Waals surface area contributed by atoms with E-state index in [4.69, 9.17) is 4.98 Å². The summed E-state index contributed by atoms with van der Waals surface area (Å²) in [5.74, 6) is 1.42. The lowest BCUT2D eigenvalue weighted by Gasteiger charge is -2.11. The van der Waals surface area contributed by atoms with Gasteiger partial charge in [-0.15, -0.1) is 11.3 Å². The molecular formula is C18H15N5S. The lowest BCUT2D eigenvalue weighted by molar-refractivity contribution is 0.923. The van der Waals surface area contributed by atoms with Gasteiger partial charge in [0, 0.05) is 30.0 Å². The van der Waals surface area contributed by atoms with E-state index in [0.717, 1.165) is 16.3 Å². The smallest absolute Gasteiger partial charge is 0.236 e. The molecule has 24 heavy (non-hydrogen) atoms. The largest absolute Gasteiger partial charge is 0.365 e. The first-order valence-corrected chi connectivity index (χ1v) is 8.45. The third-order valence-corrected chi connectivity index (χ3v) is 4.50. The van der Waals surface area contributed by atoms with E-state index in [-0.39, 0.29) is 0 Å². The van der Waals surface area contributed by atoms with E-state index in [1.807, 2.05) is 36.7 Å². The minimum absolute atomic E-state index is 0.600. The number of hydrogen-bond donors (Lipinski definition) is 1. The third kappa shape index (κ3) is 3.04. The van der Waals surface area contributed by atoms with Crippen LogP contribution in [0.1, 0.15) is 5.56 Å². The number of anilines is 1. The predicted molar refractivity (Wildman–Crippen MR) is 96.2 cm³/mol. The van der Waals surface area contributed by atoms with Gasteiger partial charge < -0.3 is 5.32 Å². The van der Waals surface area contributed by atoms with Crippen LogP contribution in [0.25, 0.3) is 16.4 Å². The molecule has 0 spiro atoms. The SMILES string of the molecule is c1ccc(CNc2nc(-n3ccnc3)ncc2-c2cccs2)cc1. The van der Waals surface area contributed by atoms with E-state index < -0.39 is 0 Å². The lowest BCUT2D eigenvalue weighted by Crippen LogP contribution is -2.07. The Labute approximate surface area is 143 Å². The van der Waals surface area contributed by atoms with E-state index in [1.54, 1.807) is 28.4 Å². The van der Waals surface area contributed by atoms with Crippen molar-refractivity contribution in [2.24, 2.45) is 0 Å². The van der Waals surface area contributed by atoms with Crippen molar-refractivity contribution in [2.45, 2.75) is 6.54 Å². The van der Waals surface area contributed by atoms with Crippen molar-refractivity contribution in [1.29, 1.82) is 0 Å². The van der Waals surface area contributed by atoms with Gasteiger partial charge in [-0.05, 0) is 17.0 Å². The van der Waals surface area contributed by atoms with E-state index in [0.29, 0.717) is 12.5 Å². The molecule has 5 nitrogen and oxygen atoms in total. The van der Waals surface area contributed by atoms with Crippen LogP contribution in [-0.4, -0.2) is 19.5 Å². The molecule has 0 radical (unpaired) electrons. The molecule has 1 aromatic carbocycles. The van der Waals surface area contributed by atoms with Crippen molar-refractivity contribution in [3.8, 4) is 16.4 Å². The minimum Gasteiger partial charge on any atom is -0.365 e. The Morgan fingerprint density at radius 3 is 2.75 bits per heavy atom. The molecule has 4 rings (SSSR count). The summed E-state index contributed by atoms with van der Waals surface area (Å²) >= 11 is 1.68. The fourth-order valence-corrected chi connectivity index (χ4v) is 3.14. The number of nitrogens with one attached hydrogen (secondary N) is 1. The molecule has 0 fully saturated rings. The van der Waals surface area contributed by atoms with Crippen LogP contribution in [0.3, 0.4) is 0 Å². The molecule has 0 unspecified atom stereocenters. The Bertz CT molecular complexity index is 902. The second-order valence-corrected chi connectivity index (χ2v) is 6.17. The Kier molecular flexibility index (Phi) is 4.04. The van der Waals surface area contributed by atoms with E-state index in [1.165, 1.54) is 5.56 Å². The molecule has 3 aromatic heterocycles. The molecule has 1 N–H and O–H groups in total. The van der Waals surface area contributed by atoms with Crippen LogP contribution in [0.15, 0.2) is 72.8 Å². The van der Waals surface area contributed by atoms with Gasteiger partial charge in [0.2, 0.25) is 5.95 Å². The van der Waals surface area contributed by atoms with Gasteiger partial charge in [0.25, 0.3) is 0 Å². The van der Waals surface area contributed by atoms with Crippen molar-refractivity contribution in [3.63, 3.8) is 0 Å². The highest BCUT2D eigenvalue weighted by Gasteiger charge is 2.11. The second-order valence-electron chi connectivity index (χ2n) is 5.22. The van der Waals surface area contributed by atoms with Crippen LogP contribution in [0.5, 0.6) is 0 Å². The number of aromatic nitrogens is 4. The highest BCUT2D eigenvalue weighted by molar-refractivity contribution is 7.13. The normalized spacial score (nSPS) is 10.7. The quantitative estimate of drug-likeness (QED) is 0.600. The molecule has 0 aliphatic rings. The summed E-state index contributed by atoms with van der Waals surface area (Å²) in [5, 5.41) is 5.50. The van der Waals surface area contributed by atoms with Crippen LogP contribution in [0, 0.1) is 0 Å². The zero-order valence-electron chi connectivity index (χ0n) is 12.8. The number of nitrogens with zero attached hydrogens (tertiary/aromatic N) is 4. The maximum absolute atomic E-state index is 4.69. The molecule has 118 valence electrons. The topological polar surface area (TPSA) is 55.6 Å². The van der Waals surface area contributed by atoms with Crippen LogP contribution in [0.2, 0.25) is 0 Å². The van der Waals surface area contributed by atoms with Gasteiger partial charge in [-0.2, -0.15) is 4.98 Å². The molecule has 0 atom stereocenters. The number of hydrogen-bond acceptors (Lipinski definition) is 5. The molecular weight excluding hydrogens is 318 g/mol. The zero-order valence-corrected chi connectivity index (χ0v) is 13.6. The van der Waals surface area contributed by atoms with E-state index in [9.17, 15) is 0 Å². The van der Waals surface area contributed by atoms with Crippen LogP contribution < -0.4 is 5.32 Å². The van der Waals surface area contributed by atoms with Crippen molar-refractivity contribution < 1.29 is 0 Å². The summed E-state index contributed by atoms with van der Waals surface area (Å²) in [6.07, 6.45) is 7.11. The van der Waals surface area contributed by atoms with Crippen molar-refractivity contribution in [1.82, 2.24) is 19.5 Å². The first-order valence-electron chi connectivity index (χ1n) is 7.57. The fourth-order valence-electron chi connectivity index (χ4n) is 2.40. The van der Waals surface area contributed by atoms with Gasteiger partial charge in [0.15, 0.2) is 0 Å². The highest BCUT2D eigenvalue weighted by atomic mass is 32.1. The average Bonchev–Trinajstić information content (AvgIpc) is 3.34. The lowest BCUT2D eigenvalue weighted by atomic mass is 10.2. The van der Waals surface area contributed by atoms with E-state index in [2.05, 4.69) is 38.9 Å². The molecule has 0 aliphatic carbocycles. The Hall–Kier alpha value is -2.99. The fraction of sp³-hybridized carbons (Fsp3) is 0.0556. The monoisotopic (exact) mass is 333 g/mol. The summed E-state index contributed by atoms with van der Waals surface area (Å²) in [5.41, 5.74) is 2.21. The predicted octanol–water partition coefficient (Wildman–Crippen LogP) is 4.00. The first-order chi connectivity index (χ1) is 11.9. The summed E-state index contributed by atoms with van der Waals surface area (Å²) in [6, 6.07) is 14.4. The van der Waals surface area contributed by atoms with Gasteiger partial charge in [-0.25, -0.2) is 9.97 Å². The van der Waals surface area contributed by atoms with Crippen LogP contribution >= 0.6 is 11.3 Å². The zero-order chi connectivity index (χ0) is 16.2. The van der Waals surface area contributed by atoms with Gasteiger partial charge in [0.05, 0.1) is 5.56 Å². The summed E-state index contributed by atoms with van der Waals surface area (Å²) in [4.78, 5) is 14.4. The first kappa shape index (κ1) is 14.6. The Balaban J connectivity index is 1.69. The molecule has 0 amide bonds. The second kappa shape index (κ2) is 6.64. The maximum atomic E-state index is 4.69. The van der Waals surface area contributed by atoms with Crippen LogP contribution in [-0.2, 0) is 6.54 Å². The summed E-state index contributed by atoms with van der Waals surface area (Å²) < 4.78 is 1.80. The maximum Gasteiger partial charge on any atom is 0.236 e. The number of thiophene rings is 1. The van der Waals surface area contributed by atoms with Gasteiger partial charge in [0.1, 0.15) is 12.1 Å². The van der Waals surface area contributed by atoms with E-state index >= 15 is 0 Å². The molecule has 0 bridgehead atoms. The van der Waals surface area contributed by atoms with Crippen molar-refractivity contribution in [2.75, 3.05) is 5.32 Å². The van der Waals surface area contributed by atoms with Crippen molar-refractivity contribution in [3.05, 3.63) is 78.3 Å². The van der Waals surface area contributed by atoms with Crippen molar-refractivity contribution >= 4 is 17.2 Å². The molecule has 4 aromatic rings. The number of benzene rings is 1. The third-order valence-electron chi connectivity index (χ3n) is 3.60. The summed E-state index contributed by atoms with van der Waals surface area (Å²) in [6.45, 7) is 0.708.